The number of benzene rings is 2. The molecular weight excluding hydrogens is 482 g/mol. The van der Waals surface area contributed by atoms with Crippen LogP contribution in [0.2, 0.25) is 0 Å². The van der Waals surface area contributed by atoms with Crippen LogP contribution in [0.25, 0.3) is 0 Å². The number of hydrogen-bond acceptors (Lipinski definition) is 10. The molecule has 10 heteroatoms. The molecule has 3 aliphatic rings. The van der Waals surface area contributed by atoms with Crippen molar-refractivity contribution in [3.63, 3.8) is 0 Å². The summed E-state index contributed by atoms with van der Waals surface area (Å²) in [6.45, 7) is 3.05. The smallest absolute Gasteiger partial charge is 0.202 e. The minimum Gasteiger partial charge on any atom is -0.507 e. The van der Waals surface area contributed by atoms with Gasteiger partial charge in [-0.3, -0.25) is 14.4 Å². The molecule has 2 aromatic rings. The summed E-state index contributed by atoms with van der Waals surface area (Å²) in [6.07, 6.45) is -1.85. The molecule has 0 aromatic heterocycles. The molecule has 0 saturated carbocycles. The molecule has 10 nitrogen and oxygen atoms in total. The molecule has 196 valence electrons. The summed E-state index contributed by atoms with van der Waals surface area (Å²) in [5, 5.41) is 34.0. The number of phenolic OH excluding ortho intramolecular Hbond substituents is 2. The summed E-state index contributed by atoms with van der Waals surface area (Å²) >= 11 is 0. The van der Waals surface area contributed by atoms with Crippen molar-refractivity contribution in [3.8, 4) is 17.2 Å². The van der Waals surface area contributed by atoms with Crippen molar-refractivity contribution < 1.29 is 43.9 Å². The van der Waals surface area contributed by atoms with Gasteiger partial charge >= 0.3 is 0 Å². The van der Waals surface area contributed by atoms with Crippen molar-refractivity contribution >= 4 is 17.3 Å². The number of rotatable bonds is 4. The highest BCUT2D eigenvalue weighted by Crippen LogP contribution is 2.52. The molecule has 5 N–H and O–H groups in total. The van der Waals surface area contributed by atoms with Crippen molar-refractivity contribution in [2.24, 2.45) is 5.73 Å². The fourth-order valence-corrected chi connectivity index (χ4v) is 5.71. The first-order valence-corrected chi connectivity index (χ1v) is 12.1. The van der Waals surface area contributed by atoms with Gasteiger partial charge in [-0.15, -0.1) is 0 Å². The van der Waals surface area contributed by atoms with Crippen molar-refractivity contribution in [1.82, 2.24) is 0 Å². The number of methoxy groups -OCH3 is 1. The normalized spacial score (nSPS) is 28.8. The molecule has 0 spiro atoms. The maximum atomic E-state index is 13.6. The number of aromatic hydroxyl groups is 2. The number of nitrogens with two attached hydrogens (primary N) is 1. The van der Waals surface area contributed by atoms with Crippen LogP contribution in [-0.2, 0) is 20.7 Å². The van der Waals surface area contributed by atoms with Gasteiger partial charge in [0.05, 0.1) is 36.0 Å². The highest BCUT2D eigenvalue weighted by molar-refractivity contribution is 6.31. The van der Waals surface area contributed by atoms with Gasteiger partial charge < -0.3 is 35.3 Å². The Bertz CT molecular complexity index is 1330. The minimum atomic E-state index is -1.94. The molecule has 0 bridgehead atoms. The number of hydrogen-bond donors (Lipinski definition) is 4. The summed E-state index contributed by atoms with van der Waals surface area (Å²) in [6, 6.07) is 4.28. The Morgan fingerprint density at radius 3 is 2.46 bits per heavy atom. The zero-order valence-corrected chi connectivity index (χ0v) is 20.7. The fourth-order valence-electron chi connectivity index (χ4n) is 5.71. The lowest BCUT2D eigenvalue weighted by molar-refractivity contribution is -0.225. The number of aliphatic hydroxyl groups is 1. The van der Waals surface area contributed by atoms with E-state index >= 15 is 0 Å². The fraction of sp³-hybridized carbons (Fsp3) is 0.444. The highest BCUT2D eigenvalue weighted by Gasteiger charge is 2.49. The molecule has 37 heavy (non-hydrogen) atoms. The van der Waals surface area contributed by atoms with E-state index in [-0.39, 0.29) is 58.6 Å². The highest BCUT2D eigenvalue weighted by atomic mass is 16.7. The summed E-state index contributed by atoms with van der Waals surface area (Å²) < 4.78 is 17.3. The Labute approximate surface area is 212 Å². The third-order valence-electron chi connectivity index (χ3n) is 7.56. The summed E-state index contributed by atoms with van der Waals surface area (Å²) in [4.78, 5) is 39.6. The molecule has 5 atom stereocenters. The third-order valence-corrected chi connectivity index (χ3v) is 7.56. The van der Waals surface area contributed by atoms with Crippen molar-refractivity contribution in [3.05, 3.63) is 51.6 Å². The average molecular weight is 512 g/mol. The van der Waals surface area contributed by atoms with E-state index < -0.39 is 52.4 Å². The van der Waals surface area contributed by atoms with Crippen LogP contribution in [-0.4, -0.2) is 63.8 Å². The second-order valence-electron chi connectivity index (χ2n) is 10.1. The number of Topliss-reactive ketones (excluding diaryl/α,β-unsaturated/α-hetero) is 1. The lowest BCUT2D eigenvalue weighted by Crippen LogP contribution is -2.46. The first-order valence-electron chi connectivity index (χ1n) is 12.1. The zero-order valence-electron chi connectivity index (χ0n) is 20.7. The molecule has 1 fully saturated rings. The minimum absolute atomic E-state index is 0.00974. The molecule has 0 radical (unpaired) electrons. The van der Waals surface area contributed by atoms with E-state index in [0.29, 0.717) is 12.8 Å². The van der Waals surface area contributed by atoms with Gasteiger partial charge in [-0.25, -0.2) is 0 Å². The molecule has 2 aromatic carbocycles. The maximum Gasteiger partial charge on any atom is 0.202 e. The largest absolute Gasteiger partial charge is 0.507 e. The van der Waals surface area contributed by atoms with Gasteiger partial charge in [-0.05, 0) is 26.3 Å². The molecule has 5 rings (SSSR count). The van der Waals surface area contributed by atoms with Crippen molar-refractivity contribution in [2.45, 2.75) is 69.7 Å². The molecule has 1 saturated heterocycles. The Balaban J connectivity index is 1.70. The van der Waals surface area contributed by atoms with Crippen LogP contribution in [0.3, 0.4) is 0 Å². The lowest BCUT2D eigenvalue weighted by Gasteiger charge is -2.41. The van der Waals surface area contributed by atoms with E-state index in [1.165, 1.54) is 32.2 Å². The van der Waals surface area contributed by atoms with Crippen LogP contribution in [0, 0.1) is 0 Å². The molecule has 0 amide bonds. The number of carbonyl (C=O) groups excluding carboxylic acids is 3. The van der Waals surface area contributed by atoms with Gasteiger partial charge in [0.2, 0.25) is 5.78 Å². The Morgan fingerprint density at radius 2 is 1.81 bits per heavy atom. The van der Waals surface area contributed by atoms with Crippen LogP contribution < -0.4 is 10.5 Å². The number of ketones is 3. The molecular formula is C27H29NO9. The predicted octanol–water partition coefficient (Wildman–Crippen LogP) is 2.06. The van der Waals surface area contributed by atoms with E-state index in [4.69, 9.17) is 19.9 Å². The van der Waals surface area contributed by atoms with Gasteiger partial charge in [0.1, 0.15) is 22.8 Å². The monoisotopic (exact) mass is 511 g/mol. The lowest BCUT2D eigenvalue weighted by atomic mass is 9.72. The van der Waals surface area contributed by atoms with Gasteiger partial charge in [0, 0.05) is 42.0 Å². The second kappa shape index (κ2) is 8.91. The Hall–Kier alpha value is -3.31. The molecule has 5 unspecified atom stereocenters. The van der Waals surface area contributed by atoms with Crippen LogP contribution in [0.4, 0.5) is 0 Å². The van der Waals surface area contributed by atoms with Crippen LogP contribution in [0.15, 0.2) is 18.2 Å². The molecule has 2 aliphatic carbocycles. The van der Waals surface area contributed by atoms with E-state index in [0.717, 1.165) is 0 Å². The van der Waals surface area contributed by atoms with Gasteiger partial charge in [0.25, 0.3) is 0 Å². The quantitative estimate of drug-likeness (QED) is 0.381. The number of phenols is 2. The SMILES string of the molecule is COc1cccc2c1C(=O)c1c(O)c3c(c(O)c1C2=O)CC(O)(C(C)=O)CC3OC1CC(N)CC(C)O1. The van der Waals surface area contributed by atoms with E-state index in [1.54, 1.807) is 0 Å². The number of carbonyl (C=O) groups is 3. The maximum absolute atomic E-state index is 13.6. The van der Waals surface area contributed by atoms with E-state index in [1.807, 2.05) is 6.92 Å². The summed E-state index contributed by atoms with van der Waals surface area (Å²) in [5.41, 5.74) is 3.38. The van der Waals surface area contributed by atoms with Gasteiger partial charge in [-0.2, -0.15) is 0 Å². The number of fused-ring (bicyclic) bond motifs is 3. The van der Waals surface area contributed by atoms with Crippen LogP contribution in [0.1, 0.15) is 82.2 Å². The molecule has 1 heterocycles. The van der Waals surface area contributed by atoms with Gasteiger partial charge in [0.15, 0.2) is 17.9 Å². The summed E-state index contributed by atoms with van der Waals surface area (Å²) in [5.74, 6) is -2.96. The topological polar surface area (TPSA) is 166 Å². The molecule has 1 aliphatic heterocycles. The first-order chi connectivity index (χ1) is 17.5. The van der Waals surface area contributed by atoms with Crippen LogP contribution in [0.5, 0.6) is 17.2 Å². The number of ether oxygens (including phenoxy) is 3. The average Bonchev–Trinajstić information content (AvgIpc) is 2.83. The van der Waals surface area contributed by atoms with Crippen LogP contribution >= 0.6 is 0 Å². The predicted molar refractivity (Wildman–Crippen MR) is 129 cm³/mol. The standard InChI is InChI=1S/C27H29NO9/c1-11-7-13(28)8-18(36-11)37-17-10-27(34,12(2)29)9-15-20(17)26(33)22-21(24(15)31)23(30)14-5-4-6-16(35-3)19(14)25(22)32/h4-6,11,13,17-18,31,33-34H,7-10,28H2,1-3H3. The Morgan fingerprint density at radius 1 is 1.11 bits per heavy atom. The first kappa shape index (κ1) is 25.3. The third kappa shape index (κ3) is 3.91. The van der Waals surface area contributed by atoms with E-state index in [9.17, 15) is 29.7 Å². The second-order valence-corrected chi connectivity index (χ2v) is 10.1. The van der Waals surface area contributed by atoms with E-state index in [2.05, 4.69) is 0 Å². The van der Waals surface area contributed by atoms with Gasteiger partial charge in [-0.1, -0.05) is 12.1 Å². The Kier molecular flexibility index (Phi) is 6.11. The zero-order chi connectivity index (χ0) is 26.8. The summed E-state index contributed by atoms with van der Waals surface area (Å²) in [7, 11) is 1.36. The van der Waals surface area contributed by atoms with Crippen molar-refractivity contribution in [2.75, 3.05) is 7.11 Å². The van der Waals surface area contributed by atoms with Crippen molar-refractivity contribution in [1.29, 1.82) is 0 Å².